The zero-order valence-electron chi connectivity index (χ0n) is 10.2. The molecule has 0 aliphatic carbocycles. The van der Waals surface area contributed by atoms with Crippen molar-refractivity contribution in [3.63, 3.8) is 0 Å². The molecule has 0 bridgehead atoms. The minimum Gasteiger partial charge on any atom is -0.462 e. The van der Waals surface area contributed by atoms with Gasteiger partial charge in [0.2, 0.25) is 0 Å². The molecule has 0 saturated carbocycles. The summed E-state index contributed by atoms with van der Waals surface area (Å²) in [5.74, 6) is -0.321. The fraction of sp³-hybridized carbons (Fsp3) is 0.214. The Morgan fingerprint density at radius 1 is 1.39 bits per heavy atom. The molecule has 0 amide bonds. The summed E-state index contributed by atoms with van der Waals surface area (Å²) in [5, 5.41) is 2.01. The molecule has 3 nitrogen and oxygen atoms in total. The van der Waals surface area contributed by atoms with Gasteiger partial charge in [0, 0.05) is 17.0 Å². The summed E-state index contributed by atoms with van der Waals surface area (Å²) in [4.78, 5) is 13.0. The first-order valence-electron chi connectivity index (χ1n) is 5.72. The normalized spacial score (nSPS) is 10.3. The second kappa shape index (κ2) is 5.69. The van der Waals surface area contributed by atoms with Crippen molar-refractivity contribution in [2.75, 3.05) is 12.3 Å². The van der Waals surface area contributed by atoms with Crippen LogP contribution in [0.15, 0.2) is 35.7 Å². The van der Waals surface area contributed by atoms with Gasteiger partial charge in [-0.2, -0.15) is 0 Å². The number of carbonyl (C=O) groups excluding carboxylic acids is 1. The van der Waals surface area contributed by atoms with Crippen molar-refractivity contribution in [3.05, 3.63) is 51.7 Å². The Morgan fingerprint density at radius 3 is 2.89 bits per heavy atom. The van der Waals surface area contributed by atoms with Crippen molar-refractivity contribution in [1.82, 2.24) is 0 Å². The minimum atomic E-state index is -0.321. The van der Waals surface area contributed by atoms with Gasteiger partial charge in [-0.25, -0.2) is 4.79 Å². The summed E-state index contributed by atoms with van der Waals surface area (Å²) in [6.07, 6.45) is 0.755. The highest BCUT2D eigenvalue weighted by Gasteiger charge is 2.08. The molecule has 1 aromatic heterocycles. The summed E-state index contributed by atoms with van der Waals surface area (Å²) in [5.41, 5.74) is 7.84. The lowest BCUT2D eigenvalue weighted by molar-refractivity contribution is 0.0510. The third-order valence-electron chi connectivity index (χ3n) is 2.68. The molecule has 2 rings (SSSR count). The predicted octanol–water partition coefficient (Wildman–Crippen LogP) is 3.04. The highest BCUT2D eigenvalue weighted by Crippen LogP contribution is 2.14. The molecule has 2 N–H and O–H groups in total. The number of hydrogen-bond acceptors (Lipinski definition) is 4. The minimum absolute atomic E-state index is 0.321. The zero-order valence-corrected chi connectivity index (χ0v) is 11.0. The largest absolute Gasteiger partial charge is 0.462 e. The van der Waals surface area contributed by atoms with Crippen LogP contribution in [0.3, 0.4) is 0 Å². The van der Waals surface area contributed by atoms with E-state index in [1.54, 1.807) is 23.5 Å². The number of ether oxygens (including phenoxy) is 1. The van der Waals surface area contributed by atoms with Crippen LogP contribution in [0, 0.1) is 6.92 Å². The maximum absolute atomic E-state index is 11.8. The van der Waals surface area contributed by atoms with E-state index in [0.29, 0.717) is 17.9 Å². The second-order valence-electron chi connectivity index (χ2n) is 4.04. The highest BCUT2D eigenvalue weighted by molar-refractivity contribution is 7.09. The van der Waals surface area contributed by atoms with E-state index < -0.39 is 0 Å². The number of carbonyl (C=O) groups is 1. The van der Waals surface area contributed by atoms with E-state index in [9.17, 15) is 4.79 Å². The monoisotopic (exact) mass is 261 g/mol. The van der Waals surface area contributed by atoms with Gasteiger partial charge in [-0.05, 0) is 36.1 Å². The number of benzene rings is 1. The van der Waals surface area contributed by atoms with E-state index in [4.69, 9.17) is 10.5 Å². The smallest absolute Gasteiger partial charge is 0.338 e. The Labute approximate surface area is 110 Å². The van der Waals surface area contributed by atoms with Gasteiger partial charge < -0.3 is 10.5 Å². The molecule has 94 valence electrons. The van der Waals surface area contributed by atoms with Gasteiger partial charge in [0.15, 0.2) is 0 Å². The molecule has 2 aromatic rings. The van der Waals surface area contributed by atoms with E-state index in [-0.39, 0.29) is 5.97 Å². The summed E-state index contributed by atoms with van der Waals surface area (Å²) in [6, 6.07) is 9.23. The average molecular weight is 261 g/mol. The first-order valence-corrected chi connectivity index (χ1v) is 6.60. The molecular formula is C14H15NO2S. The maximum Gasteiger partial charge on any atom is 0.338 e. The van der Waals surface area contributed by atoms with Gasteiger partial charge in [0.05, 0.1) is 12.2 Å². The molecule has 0 fully saturated rings. The molecule has 1 heterocycles. The van der Waals surface area contributed by atoms with Gasteiger partial charge in [0.1, 0.15) is 0 Å². The van der Waals surface area contributed by atoms with Crippen molar-refractivity contribution in [2.24, 2.45) is 0 Å². The molecule has 0 saturated heterocycles. The maximum atomic E-state index is 11.8. The topological polar surface area (TPSA) is 52.3 Å². The Hall–Kier alpha value is -1.81. The van der Waals surface area contributed by atoms with E-state index in [1.807, 2.05) is 30.5 Å². The lowest BCUT2D eigenvalue weighted by Crippen LogP contribution is -2.08. The van der Waals surface area contributed by atoms with Gasteiger partial charge in [-0.15, -0.1) is 11.3 Å². The van der Waals surface area contributed by atoms with Crippen molar-refractivity contribution >= 4 is 23.0 Å². The van der Waals surface area contributed by atoms with Crippen LogP contribution in [0.5, 0.6) is 0 Å². The zero-order chi connectivity index (χ0) is 13.0. The molecule has 0 aliphatic rings. The number of anilines is 1. The van der Waals surface area contributed by atoms with Crippen LogP contribution < -0.4 is 5.73 Å². The van der Waals surface area contributed by atoms with Crippen molar-refractivity contribution in [2.45, 2.75) is 13.3 Å². The molecule has 0 spiro atoms. The van der Waals surface area contributed by atoms with E-state index >= 15 is 0 Å². The van der Waals surface area contributed by atoms with Crippen molar-refractivity contribution < 1.29 is 9.53 Å². The highest BCUT2D eigenvalue weighted by atomic mass is 32.1. The van der Waals surface area contributed by atoms with Gasteiger partial charge in [-0.3, -0.25) is 0 Å². The van der Waals surface area contributed by atoms with E-state index in [0.717, 1.165) is 12.0 Å². The second-order valence-corrected chi connectivity index (χ2v) is 5.07. The summed E-state index contributed by atoms with van der Waals surface area (Å²) in [7, 11) is 0. The summed E-state index contributed by atoms with van der Waals surface area (Å²) < 4.78 is 5.21. The number of hydrogen-bond donors (Lipinski definition) is 1. The molecule has 0 atom stereocenters. The predicted molar refractivity (Wildman–Crippen MR) is 73.9 cm³/mol. The fourth-order valence-electron chi connectivity index (χ4n) is 1.55. The molecule has 0 radical (unpaired) electrons. The summed E-state index contributed by atoms with van der Waals surface area (Å²) >= 11 is 1.66. The lowest BCUT2D eigenvalue weighted by atomic mass is 10.1. The van der Waals surface area contributed by atoms with Gasteiger partial charge in [-0.1, -0.05) is 12.1 Å². The van der Waals surface area contributed by atoms with E-state index in [1.165, 1.54) is 4.88 Å². The van der Waals surface area contributed by atoms with Crippen molar-refractivity contribution in [1.29, 1.82) is 0 Å². The van der Waals surface area contributed by atoms with Crippen LogP contribution >= 0.6 is 11.3 Å². The van der Waals surface area contributed by atoms with E-state index in [2.05, 4.69) is 0 Å². The third-order valence-corrected chi connectivity index (χ3v) is 3.61. The Bertz CT molecular complexity index is 535. The molecule has 0 aliphatic heterocycles. The van der Waals surface area contributed by atoms with Crippen LogP contribution in [-0.4, -0.2) is 12.6 Å². The molecule has 18 heavy (non-hydrogen) atoms. The molecule has 4 heteroatoms. The average Bonchev–Trinajstić information content (AvgIpc) is 2.85. The SMILES string of the molecule is Cc1ccc(C(=O)OCCc2cccs2)cc1N. The number of nitrogens with two attached hydrogens (primary N) is 1. The number of rotatable bonds is 4. The lowest BCUT2D eigenvalue weighted by Gasteiger charge is -2.06. The first-order chi connectivity index (χ1) is 8.66. The third kappa shape index (κ3) is 3.11. The van der Waals surface area contributed by atoms with Gasteiger partial charge >= 0.3 is 5.97 Å². The Morgan fingerprint density at radius 2 is 2.22 bits per heavy atom. The molecule has 1 aromatic carbocycles. The van der Waals surface area contributed by atoms with Crippen LogP contribution in [0.4, 0.5) is 5.69 Å². The summed E-state index contributed by atoms with van der Waals surface area (Å²) in [6.45, 7) is 2.30. The first kappa shape index (κ1) is 12.6. The van der Waals surface area contributed by atoms with Crippen LogP contribution in [-0.2, 0) is 11.2 Å². The van der Waals surface area contributed by atoms with Crippen LogP contribution in [0.25, 0.3) is 0 Å². The standard InChI is InChI=1S/C14H15NO2S/c1-10-4-5-11(9-13(10)15)14(16)17-7-6-12-3-2-8-18-12/h2-5,8-9H,6-7,15H2,1H3. The molecular weight excluding hydrogens is 246 g/mol. The molecule has 0 unspecified atom stereocenters. The number of thiophene rings is 1. The number of aryl methyl sites for hydroxylation is 1. The quantitative estimate of drug-likeness (QED) is 0.680. The number of esters is 1. The Kier molecular flexibility index (Phi) is 3.99. The van der Waals surface area contributed by atoms with Crippen LogP contribution in [0.1, 0.15) is 20.8 Å². The van der Waals surface area contributed by atoms with Crippen molar-refractivity contribution in [3.8, 4) is 0 Å². The van der Waals surface area contributed by atoms with Crippen LogP contribution in [0.2, 0.25) is 0 Å². The number of nitrogen functional groups attached to an aromatic ring is 1. The van der Waals surface area contributed by atoms with Gasteiger partial charge in [0.25, 0.3) is 0 Å². The fourth-order valence-corrected chi connectivity index (χ4v) is 2.24. The Balaban J connectivity index is 1.89.